The molecule has 220 valence electrons. The van der Waals surface area contributed by atoms with Crippen LogP contribution in [-0.4, -0.2) is 50.8 Å². The number of hydrogen-bond donors (Lipinski definition) is 1. The third kappa shape index (κ3) is 8.57. The maximum Gasteiger partial charge on any atom is 0.264 e. The molecule has 0 saturated carbocycles. The van der Waals surface area contributed by atoms with Crippen LogP contribution in [0.15, 0.2) is 77.7 Å². The number of amides is 2. The lowest BCUT2D eigenvalue weighted by molar-refractivity contribution is -0.139. The topological polar surface area (TPSA) is 86.8 Å². The lowest BCUT2D eigenvalue weighted by Crippen LogP contribution is -2.53. The number of aryl methyl sites for hydroxylation is 2. The van der Waals surface area contributed by atoms with Gasteiger partial charge in [0, 0.05) is 18.1 Å². The Morgan fingerprint density at radius 3 is 2.24 bits per heavy atom. The fraction of sp³-hybridized carbons (Fsp3) is 0.375. The minimum atomic E-state index is -4.13. The Bertz CT molecular complexity index is 1410. The molecular formula is C32H40ClN3O4S. The number of carbonyl (C=O) groups is 2. The number of benzene rings is 3. The zero-order valence-electron chi connectivity index (χ0n) is 24.3. The van der Waals surface area contributed by atoms with Crippen molar-refractivity contribution in [3.8, 4) is 0 Å². The van der Waals surface area contributed by atoms with Crippen molar-refractivity contribution in [3.05, 3.63) is 94.5 Å². The lowest BCUT2D eigenvalue weighted by Gasteiger charge is -2.33. The van der Waals surface area contributed by atoms with E-state index in [9.17, 15) is 18.0 Å². The minimum Gasteiger partial charge on any atom is -0.354 e. The summed E-state index contributed by atoms with van der Waals surface area (Å²) in [5, 5.41) is 3.41. The van der Waals surface area contributed by atoms with Crippen LogP contribution in [0, 0.1) is 13.8 Å². The van der Waals surface area contributed by atoms with E-state index in [2.05, 4.69) is 5.32 Å². The molecule has 0 spiro atoms. The van der Waals surface area contributed by atoms with Crippen LogP contribution in [0.5, 0.6) is 0 Å². The van der Waals surface area contributed by atoms with Crippen LogP contribution in [0.25, 0.3) is 0 Å². The highest BCUT2D eigenvalue weighted by molar-refractivity contribution is 7.92. The summed E-state index contributed by atoms with van der Waals surface area (Å²) in [6.07, 6.45) is 2.68. The second-order valence-electron chi connectivity index (χ2n) is 10.1. The predicted octanol–water partition coefficient (Wildman–Crippen LogP) is 5.92. The fourth-order valence-electron chi connectivity index (χ4n) is 4.65. The number of rotatable bonds is 14. The molecule has 0 saturated heterocycles. The van der Waals surface area contributed by atoms with Gasteiger partial charge in [0.2, 0.25) is 11.8 Å². The molecule has 0 unspecified atom stereocenters. The van der Waals surface area contributed by atoms with E-state index in [0.717, 1.165) is 28.3 Å². The second kappa shape index (κ2) is 15.0. The van der Waals surface area contributed by atoms with Gasteiger partial charge >= 0.3 is 0 Å². The van der Waals surface area contributed by atoms with E-state index < -0.39 is 28.5 Å². The predicted molar refractivity (Wildman–Crippen MR) is 166 cm³/mol. The van der Waals surface area contributed by atoms with Crippen molar-refractivity contribution < 1.29 is 18.0 Å². The summed E-state index contributed by atoms with van der Waals surface area (Å²) in [6, 6.07) is 20.4. The van der Waals surface area contributed by atoms with Gasteiger partial charge in [-0.3, -0.25) is 13.9 Å². The molecule has 0 heterocycles. The molecule has 3 rings (SSSR count). The molecule has 0 aromatic heterocycles. The zero-order valence-corrected chi connectivity index (χ0v) is 25.8. The molecular weight excluding hydrogens is 558 g/mol. The van der Waals surface area contributed by atoms with Crippen LogP contribution < -0.4 is 9.62 Å². The van der Waals surface area contributed by atoms with Crippen LogP contribution in [0.3, 0.4) is 0 Å². The number of carbonyl (C=O) groups excluding carboxylic acids is 2. The summed E-state index contributed by atoms with van der Waals surface area (Å²) in [5.41, 5.74) is 2.90. The van der Waals surface area contributed by atoms with E-state index in [1.54, 1.807) is 37.3 Å². The van der Waals surface area contributed by atoms with Crippen LogP contribution in [0.2, 0.25) is 5.02 Å². The molecule has 3 aromatic carbocycles. The summed E-state index contributed by atoms with van der Waals surface area (Å²) < 4.78 is 29.1. The normalized spacial score (nSPS) is 12.0. The maximum atomic E-state index is 14.1. The van der Waals surface area contributed by atoms with Gasteiger partial charge in [-0.25, -0.2) is 8.42 Å². The highest BCUT2D eigenvalue weighted by Crippen LogP contribution is 2.29. The summed E-state index contributed by atoms with van der Waals surface area (Å²) in [6.45, 7) is 7.85. The van der Waals surface area contributed by atoms with Crippen LogP contribution in [0.4, 0.5) is 5.69 Å². The number of unbranched alkanes of at least 4 members (excludes halogenated alkanes) is 1. The van der Waals surface area contributed by atoms with Crippen LogP contribution in [-0.2, 0) is 26.0 Å². The number of hydrogen-bond acceptors (Lipinski definition) is 4. The molecule has 41 heavy (non-hydrogen) atoms. The molecule has 7 nitrogen and oxygen atoms in total. The SMILES string of the molecule is CCCCNC(=O)[C@H](CC)N(CCc1ccccc1)C(=O)CN(c1ccc(Cl)cc1C)S(=O)(=O)c1ccc(C)cc1. The fourth-order valence-corrected chi connectivity index (χ4v) is 6.36. The van der Waals surface area contributed by atoms with E-state index in [1.165, 1.54) is 17.0 Å². The molecule has 0 radical (unpaired) electrons. The van der Waals surface area contributed by atoms with Gasteiger partial charge in [-0.2, -0.15) is 0 Å². The Kier molecular flexibility index (Phi) is 11.8. The van der Waals surface area contributed by atoms with Crippen molar-refractivity contribution >= 4 is 39.1 Å². The monoisotopic (exact) mass is 597 g/mol. The van der Waals surface area contributed by atoms with Gasteiger partial charge in [-0.15, -0.1) is 0 Å². The van der Waals surface area contributed by atoms with Crippen molar-refractivity contribution in [2.75, 3.05) is 23.9 Å². The van der Waals surface area contributed by atoms with Gasteiger partial charge in [-0.1, -0.05) is 79.9 Å². The van der Waals surface area contributed by atoms with E-state index in [1.807, 2.05) is 51.1 Å². The Balaban J connectivity index is 2.02. The summed E-state index contributed by atoms with van der Waals surface area (Å²) in [4.78, 5) is 29.0. The molecule has 9 heteroatoms. The molecule has 0 aliphatic rings. The maximum absolute atomic E-state index is 14.1. The van der Waals surface area contributed by atoms with Gasteiger partial charge in [0.05, 0.1) is 10.6 Å². The summed E-state index contributed by atoms with van der Waals surface area (Å²) >= 11 is 6.19. The molecule has 0 fully saturated rings. The first kappa shape index (κ1) is 32.2. The quantitative estimate of drug-likeness (QED) is 0.234. The lowest BCUT2D eigenvalue weighted by atomic mass is 10.1. The molecule has 0 bridgehead atoms. The van der Waals surface area contributed by atoms with Crippen molar-refractivity contribution in [2.24, 2.45) is 0 Å². The van der Waals surface area contributed by atoms with E-state index in [0.29, 0.717) is 35.7 Å². The van der Waals surface area contributed by atoms with Gasteiger partial charge in [0.25, 0.3) is 10.0 Å². The highest BCUT2D eigenvalue weighted by atomic mass is 35.5. The van der Waals surface area contributed by atoms with Crippen molar-refractivity contribution in [1.29, 1.82) is 0 Å². The first-order valence-corrected chi connectivity index (χ1v) is 15.9. The molecule has 0 aliphatic heterocycles. The zero-order chi connectivity index (χ0) is 30.0. The first-order valence-electron chi connectivity index (χ1n) is 14.0. The van der Waals surface area contributed by atoms with Crippen molar-refractivity contribution in [1.82, 2.24) is 10.2 Å². The third-order valence-electron chi connectivity index (χ3n) is 7.02. The molecule has 2 amide bonds. The Hall–Kier alpha value is -3.36. The van der Waals surface area contributed by atoms with Crippen molar-refractivity contribution in [2.45, 2.75) is 64.3 Å². The number of halogens is 1. The van der Waals surface area contributed by atoms with Crippen LogP contribution in [0.1, 0.15) is 49.8 Å². The summed E-state index contributed by atoms with van der Waals surface area (Å²) in [5.74, 6) is -0.693. The number of nitrogens with one attached hydrogen (secondary N) is 1. The standard InChI is InChI=1S/C32H40ClN3O4S/c1-5-7-20-34-32(38)29(6-2)35(21-19-26-11-9-8-10-12-26)31(37)23-36(30-18-15-27(33)22-25(30)4)41(39,40)28-16-13-24(3)14-17-28/h8-18,22,29H,5-7,19-21,23H2,1-4H3,(H,34,38)/t29-/m0/s1. The highest BCUT2D eigenvalue weighted by Gasteiger charge is 2.34. The van der Waals surface area contributed by atoms with E-state index >= 15 is 0 Å². The molecule has 0 aliphatic carbocycles. The van der Waals surface area contributed by atoms with Crippen molar-refractivity contribution in [3.63, 3.8) is 0 Å². The Morgan fingerprint density at radius 1 is 0.951 bits per heavy atom. The third-order valence-corrected chi connectivity index (χ3v) is 9.02. The van der Waals surface area contributed by atoms with Gasteiger partial charge in [0.1, 0.15) is 12.6 Å². The molecule has 3 aromatic rings. The molecule has 1 atom stereocenters. The van der Waals surface area contributed by atoms with Gasteiger partial charge in [-0.05, 0) is 74.6 Å². The summed E-state index contributed by atoms with van der Waals surface area (Å²) in [7, 11) is -4.13. The Morgan fingerprint density at radius 2 is 1.63 bits per heavy atom. The average molecular weight is 598 g/mol. The number of nitrogens with zero attached hydrogens (tertiary/aromatic N) is 2. The van der Waals surface area contributed by atoms with Gasteiger partial charge in [0.15, 0.2) is 0 Å². The first-order chi connectivity index (χ1) is 19.6. The van der Waals surface area contributed by atoms with Crippen LogP contribution >= 0.6 is 11.6 Å². The minimum absolute atomic E-state index is 0.0745. The van der Waals surface area contributed by atoms with E-state index in [-0.39, 0.29) is 17.3 Å². The van der Waals surface area contributed by atoms with Gasteiger partial charge < -0.3 is 10.2 Å². The Labute approximate surface area is 249 Å². The average Bonchev–Trinajstić information content (AvgIpc) is 2.95. The van der Waals surface area contributed by atoms with E-state index in [4.69, 9.17) is 11.6 Å². The smallest absolute Gasteiger partial charge is 0.264 e. The largest absolute Gasteiger partial charge is 0.354 e. The second-order valence-corrected chi connectivity index (χ2v) is 12.4. The number of anilines is 1. The molecule has 1 N–H and O–H groups in total. The number of sulfonamides is 1.